The van der Waals surface area contributed by atoms with E-state index in [2.05, 4.69) is 28.1 Å². The van der Waals surface area contributed by atoms with E-state index in [9.17, 15) is 4.79 Å². The third-order valence-corrected chi connectivity index (χ3v) is 4.01. The Morgan fingerprint density at radius 1 is 1.35 bits per heavy atom. The third-order valence-electron chi connectivity index (χ3n) is 3.49. The minimum Gasteiger partial charge on any atom is -0.382 e. The highest BCUT2D eigenvalue weighted by Crippen LogP contribution is 2.32. The highest BCUT2D eigenvalue weighted by Gasteiger charge is 2.29. The fourth-order valence-corrected chi connectivity index (χ4v) is 2.75. The van der Waals surface area contributed by atoms with Gasteiger partial charge in [-0.3, -0.25) is 4.79 Å². The van der Waals surface area contributed by atoms with Crippen LogP contribution in [0.2, 0.25) is 0 Å². The SMILES string of the molecule is COCCOCC(=O)N1CCC[C@@H]1c1ccc(Br)cc1. The second-order valence-electron chi connectivity index (χ2n) is 4.84. The van der Waals surface area contributed by atoms with E-state index in [4.69, 9.17) is 9.47 Å². The molecule has 0 unspecified atom stereocenters. The lowest BCUT2D eigenvalue weighted by Gasteiger charge is -2.25. The average molecular weight is 342 g/mol. The molecule has 1 heterocycles. The molecule has 1 aliphatic heterocycles. The standard InChI is InChI=1S/C15H20BrNO3/c1-19-9-10-20-11-15(18)17-8-2-3-14(17)12-4-6-13(16)7-5-12/h4-7,14H,2-3,8-11H2,1H3/t14-/m1/s1. The molecular weight excluding hydrogens is 322 g/mol. The summed E-state index contributed by atoms with van der Waals surface area (Å²) in [5, 5.41) is 0. The predicted molar refractivity (Wildman–Crippen MR) is 80.5 cm³/mol. The summed E-state index contributed by atoms with van der Waals surface area (Å²) >= 11 is 3.43. The summed E-state index contributed by atoms with van der Waals surface area (Å²) in [5.74, 6) is 0.0616. The molecule has 2 rings (SSSR count). The molecule has 4 nitrogen and oxygen atoms in total. The van der Waals surface area contributed by atoms with Gasteiger partial charge in [-0.05, 0) is 30.5 Å². The average Bonchev–Trinajstić information content (AvgIpc) is 2.93. The van der Waals surface area contributed by atoms with Gasteiger partial charge >= 0.3 is 0 Å². The lowest BCUT2D eigenvalue weighted by Crippen LogP contribution is -2.33. The van der Waals surface area contributed by atoms with Crippen LogP contribution in [0, 0.1) is 0 Å². The summed E-state index contributed by atoms with van der Waals surface area (Å²) in [7, 11) is 1.62. The van der Waals surface area contributed by atoms with Crippen molar-refractivity contribution in [3.8, 4) is 0 Å². The van der Waals surface area contributed by atoms with Crippen LogP contribution in [-0.4, -0.2) is 44.3 Å². The van der Waals surface area contributed by atoms with Crippen LogP contribution in [0.4, 0.5) is 0 Å². The van der Waals surface area contributed by atoms with E-state index in [0.717, 1.165) is 23.9 Å². The van der Waals surface area contributed by atoms with Crippen molar-refractivity contribution in [1.82, 2.24) is 4.90 Å². The largest absolute Gasteiger partial charge is 0.382 e. The first-order valence-corrected chi connectivity index (χ1v) is 7.63. The predicted octanol–water partition coefficient (Wildman–Crippen LogP) is 2.78. The number of likely N-dealkylation sites (tertiary alicyclic amines) is 1. The molecule has 0 bridgehead atoms. The summed E-state index contributed by atoms with van der Waals surface area (Å²) in [4.78, 5) is 14.1. The van der Waals surface area contributed by atoms with Gasteiger partial charge in [0.15, 0.2) is 0 Å². The van der Waals surface area contributed by atoms with E-state index in [0.29, 0.717) is 13.2 Å². The Bertz CT molecular complexity index is 435. The number of carbonyl (C=O) groups excluding carboxylic acids is 1. The molecule has 0 radical (unpaired) electrons. The summed E-state index contributed by atoms with van der Waals surface area (Å²) < 4.78 is 11.3. The van der Waals surface area contributed by atoms with E-state index in [1.165, 1.54) is 5.56 Å². The smallest absolute Gasteiger partial charge is 0.249 e. The Kier molecular flexibility index (Phi) is 6.01. The first-order valence-electron chi connectivity index (χ1n) is 6.84. The van der Waals surface area contributed by atoms with E-state index in [-0.39, 0.29) is 18.6 Å². The van der Waals surface area contributed by atoms with E-state index in [1.807, 2.05) is 17.0 Å². The number of rotatable bonds is 6. The Balaban J connectivity index is 1.93. The topological polar surface area (TPSA) is 38.8 Å². The van der Waals surface area contributed by atoms with Crippen LogP contribution >= 0.6 is 15.9 Å². The van der Waals surface area contributed by atoms with Gasteiger partial charge < -0.3 is 14.4 Å². The van der Waals surface area contributed by atoms with Gasteiger partial charge in [-0.15, -0.1) is 0 Å². The molecule has 1 saturated heterocycles. The highest BCUT2D eigenvalue weighted by atomic mass is 79.9. The molecule has 0 aliphatic carbocycles. The summed E-state index contributed by atoms with van der Waals surface area (Å²) in [6, 6.07) is 8.37. The third kappa shape index (κ3) is 4.04. The zero-order valence-electron chi connectivity index (χ0n) is 11.7. The quantitative estimate of drug-likeness (QED) is 0.747. The number of nitrogens with zero attached hydrogens (tertiary/aromatic N) is 1. The number of hydrogen-bond acceptors (Lipinski definition) is 3. The van der Waals surface area contributed by atoms with Crippen molar-refractivity contribution in [2.75, 3.05) is 33.5 Å². The van der Waals surface area contributed by atoms with Crippen LogP contribution in [0.25, 0.3) is 0 Å². The van der Waals surface area contributed by atoms with Gasteiger partial charge in [0.1, 0.15) is 6.61 Å². The maximum absolute atomic E-state index is 12.2. The van der Waals surface area contributed by atoms with Crippen molar-refractivity contribution in [3.63, 3.8) is 0 Å². The van der Waals surface area contributed by atoms with Crippen molar-refractivity contribution in [2.45, 2.75) is 18.9 Å². The Labute approximate surface area is 128 Å². The molecule has 1 amide bonds. The highest BCUT2D eigenvalue weighted by molar-refractivity contribution is 9.10. The van der Waals surface area contributed by atoms with Gasteiger partial charge in [-0.25, -0.2) is 0 Å². The van der Waals surface area contributed by atoms with E-state index < -0.39 is 0 Å². The molecule has 0 spiro atoms. The van der Waals surface area contributed by atoms with Crippen molar-refractivity contribution in [3.05, 3.63) is 34.3 Å². The minimum atomic E-state index is 0.0616. The zero-order chi connectivity index (χ0) is 14.4. The van der Waals surface area contributed by atoms with Crippen molar-refractivity contribution < 1.29 is 14.3 Å². The van der Waals surface area contributed by atoms with Gasteiger partial charge in [-0.1, -0.05) is 28.1 Å². The summed E-state index contributed by atoms with van der Waals surface area (Å²) in [6.45, 7) is 1.92. The molecule has 5 heteroatoms. The Hall–Kier alpha value is -0.910. The van der Waals surface area contributed by atoms with Crippen LogP contribution < -0.4 is 0 Å². The van der Waals surface area contributed by atoms with Gasteiger partial charge in [-0.2, -0.15) is 0 Å². The number of methoxy groups -OCH3 is 1. The molecule has 1 aliphatic rings. The summed E-state index contributed by atoms with van der Waals surface area (Å²) in [6.07, 6.45) is 2.07. The van der Waals surface area contributed by atoms with Gasteiger partial charge in [0.25, 0.3) is 0 Å². The molecule has 0 N–H and O–H groups in total. The normalized spacial score (nSPS) is 18.5. The lowest BCUT2D eigenvalue weighted by atomic mass is 10.0. The number of halogens is 1. The first-order chi connectivity index (χ1) is 9.72. The molecule has 0 aromatic heterocycles. The molecule has 1 aromatic carbocycles. The molecule has 1 aromatic rings. The molecule has 110 valence electrons. The first kappa shape index (κ1) is 15.5. The van der Waals surface area contributed by atoms with Crippen LogP contribution in [0.5, 0.6) is 0 Å². The lowest BCUT2D eigenvalue weighted by molar-refractivity contribution is -0.137. The minimum absolute atomic E-state index is 0.0616. The molecule has 20 heavy (non-hydrogen) atoms. The second-order valence-corrected chi connectivity index (χ2v) is 5.76. The molecule has 1 atom stereocenters. The number of carbonyl (C=O) groups is 1. The zero-order valence-corrected chi connectivity index (χ0v) is 13.3. The Morgan fingerprint density at radius 3 is 2.80 bits per heavy atom. The van der Waals surface area contributed by atoms with Gasteiger partial charge in [0.05, 0.1) is 19.3 Å². The maximum Gasteiger partial charge on any atom is 0.249 e. The van der Waals surface area contributed by atoms with Crippen LogP contribution in [-0.2, 0) is 14.3 Å². The maximum atomic E-state index is 12.2. The van der Waals surface area contributed by atoms with E-state index in [1.54, 1.807) is 7.11 Å². The van der Waals surface area contributed by atoms with Crippen LogP contribution in [0.15, 0.2) is 28.7 Å². The van der Waals surface area contributed by atoms with Crippen molar-refractivity contribution >= 4 is 21.8 Å². The second kappa shape index (κ2) is 7.76. The summed E-state index contributed by atoms with van der Waals surface area (Å²) in [5.41, 5.74) is 1.19. The Morgan fingerprint density at radius 2 is 2.10 bits per heavy atom. The van der Waals surface area contributed by atoms with Crippen molar-refractivity contribution in [1.29, 1.82) is 0 Å². The fraction of sp³-hybridized carbons (Fsp3) is 0.533. The molecular formula is C15H20BrNO3. The molecule has 0 saturated carbocycles. The van der Waals surface area contributed by atoms with Crippen LogP contribution in [0.1, 0.15) is 24.4 Å². The number of ether oxygens (including phenoxy) is 2. The van der Waals surface area contributed by atoms with Crippen LogP contribution in [0.3, 0.4) is 0 Å². The number of hydrogen-bond donors (Lipinski definition) is 0. The monoisotopic (exact) mass is 341 g/mol. The van der Waals surface area contributed by atoms with Gasteiger partial charge in [0.2, 0.25) is 5.91 Å². The van der Waals surface area contributed by atoms with Gasteiger partial charge in [0, 0.05) is 18.1 Å². The number of amides is 1. The molecule has 1 fully saturated rings. The van der Waals surface area contributed by atoms with E-state index >= 15 is 0 Å². The number of benzene rings is 1. The fourth-order valence-electron chi connectivity index (χ4n) is 2.48. The van der Waals surface area contributed by atoms with Crippen molar-refractivity contribution in [2.24, 2.45) is 0 Å².